The first-order valence-corrected chi connectivity index (χ1v) is 7.30. The van der Waals surface area contributed by atoms with Gasteiger partial charge in [-0.05, 0) is 38.5 Å². The van der Waals surface area contributed by atoms with Crippen molar-refractivity contribution in [2.75, 3.05) is 6.54 Å². The van der Waals surface area contributed by atoms with Gasteiger partial charge >= 0.3 is 0 Å². The Morgan fingerprint density at radius 1 is 1.32 bits per heavy atom. The monoisotopic (exact) mass is 267 g/mol. The number of oxime groups is 1. The van der Waals surface area contributed by atoms with Gasteiger partial charge in [-0.1, -0.05) is 24.9 Å². The average molecular weight is 267 g/mol. The van der Waals surface area contributed by atoms with Gasteiger partial charge < -0.3 is 15.8 Å². The third kappa shape index (κ3) is 2.42. The van der Waals surface area contributed by atoms with Crippen LogP contribution in [0.1, 0.15) is 52.4 Å². The van der Waals surface area contributed by atoms with E-state index in [4.69, 9.17) is 10.9 Å². The van der Waals surface area contributed by atoms with Gasteiger partial charge in [0.1, 0.15) is 5.41 Å². The van der Waals surface area contributed by atoms with E-state index in [0.29, 0.717) is 18.8 Å². The van der Waals surface area contributed by atoms with Gasteiger partial charge in [-0.15, -0.1) is 0 Å². The van der Waals surface area contributed by atoms with E-state index < -0.39 is 5.41 Å². The largest absolute Gasteiger partial charge is 0.409 e. The summed E-state index contributed by atoms with van der Waals surface area (Å²) in [6.07, 6.45) is 5.86. The molecule has 1 aliphatic heterocycles. The van der Waals surface area contributed by atoms with Gasteiger partial charge in [0, 0.05) is 12.6 Å². The number of amidine groups is 1. The van der Waals surface area contributed by atoms with Crippen LogP contribution in [0.2, 0.25) is 0 Å². The lowest BCUT2D eigenvalue weighted by molar-refractivity contribution is -0.146. The highest BCUT2D eigenvalue weighted by atomic mass is 16.4. The van der Waals surface area contributed by atoms with Crippen LogP contribution in [-0.4, -0.2) is 34.4 Å². The molecule has 0 aromatic carbocycles. The molecular formula is C14H25N3O2. The highest BCUT2D eigenvalue weighted by Crippen LogP contribution is 2.47. The third-order valence-corrected chi connectivity index (χ3v) is 4.72. The van der Waals surface area contributed by atoms with Gasteiger partial charge in [-0.3, -0.25) is 4.79 Å². The van der Waals surface area contributed by atoms with Crippen molar-refractivity contribution in [1.82, 2.24) is 4.90 Å². The van der Waals surface area contributed by atoms with E-state index >= 15 is 0 Å². The summed E-state index contributed by atoms with van der Waals surface area (Å²) in [5.74, 6) is 0.619. The molecule has 1 amide bonds. The van der Waals surface area contributed by atoms with Crippen molar-refractivity contribution in [3.63, 3.8) is 0 Å². The van der Waals surface area contributed by atoms with Crippen LogP contribution in [0, 0.1) is 11.3 Å². The minimum Gasteiger partial charge on any atom is -0.409 e. The fourth-order valence-corrected chi connectivity index (χ4v) is 3.57. The Kier molecular flexibility index (Phi) is 4.02. The molecule has 0 aromatic heterocycles. The lowest BCUT2D eigenvalue weighted by Crippen LogP contribution is -2.59. The molecule has 1 heterocycles. The summed E-state index contributed by atoms with van der Waals surface area (Å²) in [6, 6.07) is 0.259. The van der Waals surface area contributed by atoms with Crippen LogP contribution in [0.25, 0.3) is 0 Å². The van der Waals surface area contributed by atoms with Gasteiger partial charge in [0.15, 0.2) is 5.84 Å². The fraction of sp³-hybridized carbons (Fsp3) is 0.857. The average Bonchev–Trinajstić information content (AvgIpc) is 2.57. The van der Waals surface area contributed by atoms with Gasteiger partial charge in [0.25, 0.3) is 0 Å². The Morgan fingerprint density at radius 2 is 2.00 bits per heavy atom. The molecule has 1 unspecified atom stereocenters. The van der Waals surface area contributed by atoms with Crippen molar-refractivity contribution < 1.29 is 10.0 Å². The van der Waals surface area contributed by atoms with Gasteiger partial charge in [0.2, 0.25) is 5.91 Å². The highest BCUT2D eigenvalue weighted by molar-refractivity contribution is 6.07. The van der Waals surface area contributed by atoms with E-state index in [2.05, 4.69) is 19.0 Å². The van der Waals surface area contributed by atoms with Crippen molar-refractivity contribution in [1.29, 1.82) is 0 Å². The standard InChI is InChI=1S/C14H25N3O2/c1-10-8-14(9-10,12(15)16-19)13(18)17-7-5-3-4-6-11(17)2/h10-11,19H,3-9H2,1-2H3,(H2,15,16). The molecule has 19 heavy (non-hydrogen) atoms. The van der Waals surface area contributed by atoms with Crippen LogP contribution in [0.15, 0.2) is 5.16 Å². The predicted octanol–water partition coefficient (Wildman–Crippen LogP) is 1.94. The smallest absolute Gasteiger partial charge is 0.236 e. The maximum absolute atomic E-state index is 12.9. The van der Waals surface area contributed by atoms with Crippen LogP contribution < -0.4 is 5.73 Å². The summed E-state index contributed by atoms with van der Waals surface area (Å²) in [5.41, 5.74) is 5.08. The SMILES string of the molecule is CC1CC(C(=O)N2CCCCCC2C)(C(N)=NO)C1. The molecule has 108 valence electrons. The van der Waals surface area contributed by atoms with Crippen LogP contribution in [-0.2, 0) is 4.79 Å². The molecule has 1 saturated heterocycles. The number of carbonyl (C=O) groups excluding carboxylic acids is 1. The van der Waals surface area contributed by atoms with E-state index in [1.807, 2.05) is 4.90 Å². The van der Waals surface area contributed by atoms with Gasteiger partial charge in [0.05, 0.1) is 0 Å². The number of hydrogen-bond acceptors (Lipinski definition) is 3. The zero-order valence-corrected chi connectivity index (χ0v) is 11.9. The second kappa shape index (κ2) is 5.39. The molecule has 1 saturated carbocycles. The molecule has 1 atom stereocenters. The molecule has 0 spiro atoms. The molecule has 0 aromatic rings. The molecule has 0 bridgehead atoms. The number of rotatable bonds is 2. The molecule has 3 N–H and O–H groups in total. The van der Waals surface area contributed by atoms with E-state index in [0.717, 1.165) is 19.4 Å². The van der Waals surface area contributed by atoms with Crippen LogP contribution in [0.5, 0.6) is 0 Å². The molecule has 1 aliphatic carbocycles. The number of likely N-dealkylation sites (tertiary alicyclic amines) is 1. The first-order chi connectivity index (χ1) is 9.01. The van der Waals surface area contributed by atoms with Crippen LogP contribution >= 0.6 is 0 Å². The van der Waals surface area contributed by atoms with Crippen LogP contribution in [0.4, 0.5) is 0 Å². The minimum atomic E-state index is -0.743. The van der Waals surface area contributed by atoms with Crippen LogP contribution in [0.3, 0.4) is 0 Å². The molecular weight excluding hydrogens is 242 g/mol. The van der Waals surface area contributed by atoms with E-state index in [-0.39, 0.29) is 17.8 Å². The fourth-order valence-electron chi connectivity index (χ4n) is 3.57. The highest BCUT2D eigenvalue weighted by Gasteiger charge is 2.54. The van der Waals surface area contributed by atoms with Crippen molar-refractivity contribution in [2.45, 2.75) is 58.4 Å². The maximum atomic E-state index is 12.9. The zero-order chi connectivity index (χ0) is 14.0. The summed E-state index contributed by atoms with van der Waals surface area (Å²) in [6.45, 7) is 5.00. The lowest BCUT2D eigenvalue weighted by atomic mass is 9.61. The number of amides is 1. The molecule has 5 heteroatoms. The Labute approximate surface area is 114 Å². The lowest BCUT2D eigenvalue weighted by Gasteiger charge is -2.47. The van der Waals surface area contributed by atoms with E-state index in [1.165, 1.54) is 12.8 Å². The summed E-state index contributed by atoms with van der Waals surface area (Å²) in [4.78, 5) is 14.8. The van der Waals surface area contributed by atoms with E-state index in [9.17, 15) is 4.79 Å². The van der Waals surface area contributed by atoms with Crippen molar-refractivity contribution in [3.05, 3.63) is 0 Å². The maximum Gasteiger partial charge on any atom is 0.236 e. The summed E-state index contributed by atoms with van der Waals surface area (Å²) >= 11 is 0. The Balaban J connectivity index is 2.20. The van der Waals surface area contributed by atoms with Crippen molar-refractivity contribution >= 4 is 11.7 Å². The van der Waals surface area contributed by atoms with E-state index in [1.54, 1.807) is 0 Å². The summed E-state index contributed by atoms with van der Waals surface area (Å²) in [7, 11) is 0. The number of nitrogens with zero attached hydrogens (tertiary/aromatic N) is 2. The zero-order valence-electron chi connectivity index (χ0n) is 11.9. The Bertz CT molecular complexity index is 375. The number of nitrogens with two attached hydrogens (primary N) is 1. The predicted molar refractivity (Wildman–Crippen MR) is 73.9 cm³/mol. The first kappa shape index (κ1) is 14.2. The normalized spacial score (nSPS) is 36.5. The summed E-state index contributed by atoms with van der Waals surface area (Å²) in [5, 5.41) is 12.1. The quantitative estimate of drug-likeness (QED) is 0.347. The van der Waals surface area contributed by atoms with Crippen molar-refractivity contribution in [2.24, 2.45) is 22.2 Å². The molecule has 5 nitrogen and oxygen atoms in total. The van der Waals surface area contributed by atoms with Gasteiger partial charge in [-0.25, -0.2) is 0 Å². The summed E-state index contributed by atoms with van der Waals surface area (Å²) < 4.78 is 0. The third-order valence-electron chi connectivity index (χ3n) is 4.72. The Morgan fingerprint density at radius 3 is 2.58 bits per heavy atom. The topological polar surface area (TPSA) is 78.9 Å². The van der Waals surface area contributed by atoms with Crippen molar-refractivity contribution in [3.8, 4) is 0 Å². The second-order valence-electron chi connectivity index (χ2n) is 6.28. The minimum absolute atomic E-state index is 0.0651. The van der Waals surface area contributed by atoms with Gasteiger partial charge in [-0.2, -0.15) is 0 Å². The Hall–Kier alpha value is -1.26. The first-order valence-electron chi connectivity index (χ1n) is 7.30. The molecule has 2 aliphatic rings. The molecule has 0 radical (unpaired) electrons. The number of hydrogen-bond donors (Lipinski definition) is 2. The second-order valence-corrected chi connectivity index (χ2v) is 6.28. The number of carbonyl (C=O) groups is 1. The molecule has 2 fully saturated rings. The molecule has 2 rings (SSSR count).